The van der Waals surface area contributed by atoms with Gasteiger partial charge in [-0.25, -0.2) is 14.2 Å². The van der Waals surface area contributed by atoms with Gasteiger partial charge in [-0.05, 0) is 49.2 Å². The summed E-state index contributed by atoms with van der Waals surface area (Å²) in [7, 11) is 0. The maximum atomic E-state index is 13.2. The monoisotopic (exact) mass is 398 g/mol. The molecule has 2 aromatic carbocycles. The van der Waals surface area contributed by atoms with Gasteiger partial charge >= 0.3 is 5.97 Å². The fourth-order valence-corrected chi connectivity index (χ4v) is 3.31. The van der Waals surface area contributed by atoms with Crippen LogP contribution in [-0.4, -0.2) is 16.9 Å². The van der Waals surface area contributed by atoms with E-state index in [2.05, 4.69) is 10.3 Å². The van der Waals surface area contributed by atoms with E-state index < -0.39 is 11.8 Å². The lowest BCUT2D eigenvalue weighted by molar-refractivity contribution is -0.115. The number of esters is 1. The van der Waals surface area contributed by atoms with Crippen molar-refractivity contribution in [3.05, 3.63) is 81.1 Å². The van der Waals surface area contributed by atoms with Crippen molar-refractivity contribution < 1.29 is 18.7 Å². The Morgan fingerprint density at radius 3 is 2.79 bits per heavy atom. The van der Waals surface area contributed by atoms with Gasteiger partial charge in [-0.3, -0.25) is 4.79 Å². The summed E-state index contributed by atoms with van der Waals surface area (Å²) in [5.41, 5.74) is 3.53. The van der Waals surface area contributed by atoms with Gasteiger partial charge in [0.05, 0.1) is 17.7 Å². The van der Waals surface area contributed by atoms with E-state index in [1.54, 1.807) is 5.38 Å². The molecule has 144 valence electrons. The number of nitrogens with zero attached hydrogens (tertiary/aromatic N) is 1. The third-order valence-electron chi connectivity index (χ3n) is 3.99. The standard InChI is InChI=1S/C21H19FN2O3S/c1-13-6-7-14(2)18(8-13)24-19(25)10-20-23-17(12-28-20)11-27-21(26)15-4-3-5-16(22)9-15/h3-9,12H,10-11H2,1-2H3,(H,24,25). The molecular weight excluding hydrogens is 379 g/mol. The molecule has 3 rings (SSSR count). The molecule has 1 amide bonds. The van der Waals surface area contributed by atoms with E-state index in [1.807, 2.05) is 32.0 Å². The maximum absolute atomic E-state index is 13.2. The van der Waals surface area contributed by atoms with Crippen LogP contribution in [0, 0.1) is 19.7 Å². The zero-order valence-corrected chi connectivity index (χ0v) is 16.3. The minimum Gasteiger partial charge on any atom is -0.456 e. The van der Waals surface area contributed by atoms with Gasteiger partial charge in [0.2, 0.25) is 5.91 Å². The Bertz CT molecular complexity index is 1020. The van der Waals surface area contributed by atoms with Crippen molar-refractivity contribution in [2.75, 3.05) is 5.32 Å². The van der Waals surface area contributed by atoms with Crippen LogP contribution in [0.5, 0.6) is 0 Å². The fourth-order valence-electron chi connectivity index (χ4n) is 2.54. The third kappa shape index (κ3) is 5.23. The third-order valence-corrected chi connectivity index (χ3v) is 4.89. The van der Waals surface area contributed by atoms with Crippen LogP contribution in [0.2, 0.25) is 0 Å². The Labute approximate surface area is 166 Å². The summed E-state index contributed by atoms with van der Waals surface area (Å²) in [6, 6.07) is 11.2. The molecular formula is C21H19FN2O3S. The molecule has 0 atom stereocenters. The minimum absolute atomic E-state index is 0.0372. The first-order chi connectivity index (χ1) is 13.4. The lowest BCUT2D eigenvalue weighted by atomic mass is 10.1. The number of anilines is 1. The van der Waals surface area contributed by atoms with Crippen LogP contribution in [0.25, 0.3) is 0 Å². The zero-order valence-electron chi connectivity index (χ0n) is 15.5. The van der Waals surface area contributed by atoms with E-state index in [0.29, 0.717) is 10.7 Å². The molecule has 3 aromatic rings. The van der Waals surface area contributed by atoms with Crippen LogP contribution >= 0.6 is 11.3 Å². The lowest BCUT2D eigenvalue weighted by Crippen LogP contribution is -2.15. The van der Waals surface area contributed by atoms with Gasteiger partial charge in [0.25, 0.3) is 0 Å². The van der Waals surface area contributed by atoms with Crippen molar-refractivity contribution in [1.29, 1.82) is 0 Å². The van der Waals surface area contributed by atoms with E-state index in [4.69, 9.17) is 4.74 Å². The summed E-state index contributed by atoms with van der Waals surface area (Å²) in [5, 5.41) is 5.25. The first kappa shape index (κ1) is 19.7. The number of halogens is 1. The van der Waals surface area contributed by atoms with E-state index >= 15 is 0 Å². The number of amides is 1. The number of aryl methyl sites for hydroxylation is 2. The van der Waals surface area contributed by atoms with Crippen LogP contribution in [0.3, 0.4) is 0 Å². The lowest BCUT2D eigenvalue weighted by Gasteiger charge is -2.08. The van der Waals surface area contributed by atoms with E-state index in [0.717, 1.165) is 22.9 Å². The van der Waals surface area contributed by atoms with E-state index in [9.17, 15) is 14.0 Å². The van der Waals surface area contributed by atoms with Gasteiger partial charge in [-0.2, -0.15) is 0 Å². The van der Waals surface area contributed by atoms with E-state index in [1.165, 1.54) is 29.5 Å². The SMILES string of the molecule is Cc1ccc(C)c(NC(=O)Cc2nc(COC(=O)c3cccc(F)c3)cs2)c1. The van der Waals surface area contributed by atoms with Gasteiger partial charge in [-0.1, -0.05) is 18.2 Å². The fraction of sp³-hybridized carbons (Fsp3) is 0.190. The highest BCUT2D eigenvalue weighted by Crippen LogP contribution is 2.18. The summed E-state index contributed by atoms with van der Waals surface area (Å²) < 4.78 is 18.3. The molecule has 0 saturated carbocycles. The molecule has 0 aliphatic rings. The number of hydrogen-bond acceptors (Lipinski definition) is 5. The smallest absolute Gasteiger partial charge is 0.338 e. The van der Waals surface area contributed by atoms with Crippen LogP contribution in [0.1, 0.15) is 32.2 Å². The highest BCUT2D eigenvalue weighted by molar-refractivity contribution is 7.09. The molecule has 0 fully saturated rings. The van der Waals surface area contributed by atoms with Gasteiger partial charge in [0, 0.05) is 11.1 Å². The molecule has 0 bridgehead atoms. The number of ether oxygens (including phenoxy) is 1. The second-order valence-corrected chi connectivity index (χ2v) is 7.31. The Kier molecular flexibility index (Phi) is 6.16. The Morgan fingerprint density at radius 2 is 2.00 bits per heavy atom. The Hall–Kier alpha value is -3.06. The molecule has 0 saturated heterocycles. The first-order valence-corrected chi connectivity index (χ1v) is 9.52. The number of carbonyl (C=O) groups is 2. The van der Waals surface area contributed by atoms with Gasteiger partial charge in [0.15, 0.2) is 0 Å². The minimum atomic E-state index is -0.623. The van der Waals surface area contributed by atoms with Crippen LogP contribution in [0.4, 0.5) is 10.1 Å². The van der Waals surface area contributed by atoms with Crippen molar-refractivity contribution in [3.8, 4) is 0 Å². The molecule has 5 nitrogen and oxygen atoms in total. The summed E-state index contributed by atoms with van der Waals surface area (Å²) in [5.74, 6) is -1.28. The number of rotatable bonds is 6. The number of benzene rings is 2. The average Bonchev–Trinajstić information content (AvgIpc) is 3.10. The molecule has 0 aliphatic carbocycles. The molecule has 1 N–H and O–H groups in total. The number of thiazole rings is 1. The van der Waals surface area contributed by atoms with Crippen molar-refractivity contribution in [3.63, 3.8) is 0 Å². The van der Waals surface area contributed by atoms with E-state index in [-0.39, 0.29) is 24.5 Å². The number of hydrogen-bond donors (Lipinski definition) is 1. The number of nitrogens with one attached hydrogen (secondary N) is 1. The highest BCUT2D eigenvalue weighted by Gasteiger charge is 2.12. The topological polar surface area (TPSA) is 68.3 Å². The molecule has 0 aliphatic heterocycles. The predicted octanol–water partition coefficient (Wildman–Crippen LogP) is 4.44. The summed E-state index contributed by atoms with van der Waals surface area (Å²) in [4.78, 5) is 28.5. The molecule has 0 spiro atoms. The normalized spacial score (nSPS) is 10.5. The predicted molar refractivity (Wildman–Crippen MR) is 106 cm³/mol. The molecule has 7 heteroatoms. The molecule has 0 radical (unpaired) electrons. The van der Waals surface area contributed by atoms with Gasteiger partial charge < -0.3 is 10.1 Å². The highest BCUT2D eigenvalue weighted by atomic mass is 32.1. The zero-order chi connectivity index (χ0) is 20.1. The molecule has 1 aromatic heterocycles. The second kappa shape index (κ2) is 8.75. The van der Waals surface area contributed by atoms with Crippen molar-refractivity contribution in [1.82, 2.24) is 4.98 Å². The van der Waals surface area contributed by atoms with Crippen LogP contribution in [0.15, 0.2) is 47.8 Å². The average molecular weight is 398 g/mol. The molecule has 1 heterocycles. The van der Waals surface area contributed by atoms with Crippen molar-refractivity contribution in [2.45, 2.75) is 26.9 Å². The second-order valence-electron chi connectivity index (χ2n) is 6.36. The summed E-state index contributed by atoms with van der Waals surface area (Å²) in [6.07, 6.45) is 0.135. The Morgan fingerprint density at radius 1 is 1.18 bits per heavy atom. The largest absolute Gasteiger partial charge is 0.456 e. The number of carbonyl (C=O) groups excluding carboxylic acids is 2. The molecule has 28 heavy (non-hydrogen) atoms. The summed E-state index contributed by atoms with van der Waals surface area (Å²) >= 11 is 1.32. The van der Waals surface area contributed by atoms with Gasteiger partial charge in [0.1, 0.15) is 17.4 Å². The quantitative estimate of drug-likeness (QED) is 0.624. The van der Waals surface area contributed by atoms with Gasteiger partial charge in [-0.15, -0.1) is 11.3 Å². The number of aromatic nitrogens is 1. The van der Waals surface area contributed by atoms with Crippen molar-refractivity contribution in [2.24, 2.45) is 0 Å². The van der Waals surface area contributed by atoms with Crippen LogP contribution in [-0.2, 0) is 22.6 Å². The first-order valence-electron chi connectivity index (χ1n) is 8.64. The van der Waals surface area contributed by atoms with Crippen molar-refractivity contribution >= 4 is 28.9 Å². The Balaban J connectivity index is 1.54. The summed E-state index contributed by atoms with van der Waals surface area (Å²) in [6.45, 7) is 3.86. The molecule has 0 unspecified atom stereocenters. The van der Waals surface area contributed by atoms with Crippen LogP contribution < -0.4 is 5.32 Å². The maximum Gasteiger partial charge on any atom is 0.338 e.